The second-order valence-corrected chi connectivity index (χ2v) is 5.97. The summed E-state index contributed by atoms with van der Waals surface area (Å²) in [5.74, 6) is 0.723. The van der Waals surface area contributed by atoms with Crippen LogP contribution in [-0.2, 0) is 0 Å². The molecule has 2 rings (SSSR count). The Hall–Kier alpha value is -0.820. The Kier molecular flexibility index (Phi) is 5.91. The molecule has 1 N–H and O–H groups in total. The molecule has 0 aliphatic heterocycles. The number of hydrogen-bond donors (Lipinski definition) is 1. The zero-order chi connectivity index (χ0) is 13.5. The Morgan fingerprint density at radius 1 is 1.11 bits per heavy atom. The highest BCUT2D eigenvalue weighted by atomic mass is 15.0. The molecule has 19 heavy (non-hydrogen) atoms. The molecule has 1 fully saturated rings. The molecular weight excluding hydrogens is 230 g/mol. The van der Waals surface area contributed by atoms with Crippen LogP contribution in [0.2, 0.25) is 0 Å². The summed E-state index contributed by atoms with van der Waals surface area (Å²) in [5.41, 5.74) is 1.53. The van der Waals surface area contributed by atoms with E-state index >= 15 is 0 Å². The van der Waals surface area contributed by atoms with Crippen molar-refractivity contribution in [3.63, 3.8) is 0 Å². The van der Waals surface area contributed by atoms with Crippen LogP contribution in [0.1, 0.15) is 70.3 Å². The van der Waals surface area contributed by atoms with Gasteiger partial charge in [0.1, 0.15) is 0 Å². The molecule has 0 heterocycles. The van der Waals surface area contributed by atoms with Gasteiger partial charge in [0.15, 0.2) is 0 Å². The van der Waals surface area contributed by atoms with Crippen molar-refractivity contribution >= 4 is 0 Å². The Morgan fingerprint density at radius 3 is 2.53 bits per heavy atom. The van der Waals surface area contributed by atoms with Crippen molar-refractivity contribution < 1.29 is 0 Å². The maximum absolute atomic E-state index is 3.96. The van der Waals surface area contributed by atoms with Crippen LogP contribution in [0, 0.1) is 0 Å². The van der Waals surface area contributed by atoms with Gasteiger partial charge < -0.3 is 5.32 Å². The first-order chi connectivity index (χ1) is 9.35. The van der Waals surface area contributed by atoms with Crippen LogP contribution in [0.3, 0.4) is 0 Å². The summed E-state index contributed by atoms with van der Waals surface area (Å²) in [4.78, 5) is 0. The highest BCUT2D eigenvalue weighted by molar-refractivity contribution is 5.22. The minimum atomic E-state index is 0.688. The summed E-state index contributed by atoms with van der Waals surface area (Å²) < 4.78 is 0. The second-order valence-electron chi connectivity index (χ2n) is 5.97. The average molecular weight is 259 g/mol. The molecule has 1 saturated carbocycles. The lowest BCUT2D eigenvalue weighted by Gasteiger charge is -2.35. The van der Waals surface area contributed by atoms with Gasteiger partial charge in [0.25, 0.3) is 0 Å². The van der Waals surface area contributed by atoms with E-state index in [9.17, 15) is 0 Å². The van der Waals surface area contributed by atoms with Gasteiger partial charge >= 0.3 is 0 Å². The van der Waals surface area contributed by atoms with Gasteiger partial charge in [-0.1, -0.05) is 63.4 Å². The molecule has 1 aromatic carbocycles. The van der Waals surface area contributed by atoms with E-state index in [-0.39, 0.29) is 0 Å². The molecule has 0 radical (unpaired) electrons. The van der Waals surface area contributed by atoms with Gasteiger partial charge in [0.05, 0.1) is 0 Å². The van der Waals surface area contributed by atoms with Crippen molar-refractivity contribution in [3.05, 3.63) is 35.9 Å². The molecule has 0 aromatic heterocycles. The van der Waals surface area contributed by atoms with Crippen molar-refractivity contribution in [1.82, 2.24) is 5.32 Å². The zero-order valence-electron chi connectivity index (χ0n) is 12.6. The summed E-state index contributed by atoms with van der Waals surface area (Å²) in [6.45, 7) is 4.60. The van der Waals surface area contributed by atoms with Gasteiger partial charge in [-0.2, -0.15) is 0 Å². The van der Waals surface area contributed by atoms with Crippen molar-refractivity contribution in [2.75, 3.05) is 0 Å². The first-order valence-corrected chi connectivity index (χ1v) is 8.16. The summed E-state index contributed by atoms with van der Waals surface area (Å²) in [6, 6.07) is 12.5. The van der Waals surface area contributed by atoms with E-state index in [1.54, 1.807) is 0 Å². The Labute approximate surface area is 118 Å². The normalized spacial score (nSPS) is 25.2. The third-order valence-corrected chi connectivity index (χ3v) is 4.57. The molecule has 1 aliphatic rings. The van der Waals surface area contributed by atoms with E-state index in [0.717, 1.165) is 5.92 Å². The summed E-state index contributed by atoms with van der Waals surface area (Å²) >= 11 is 0. The number of rotatable bonds is 6. The van der Waals surface area contributed by atoms with Crippen LogP contribution in [0.15, 0.2) is 30.3 Å². The van der Waals surface area contributed by atoms with E-state index in [1.807, 2.05) is 0 Å². The van der Waals surface area contributed by atoms with Gasteiger partial charge in [-0.05, 0) is 37.2 Å². The quantitative estimate of drug-likeness (QED) is 0.767. The molecule has 0 amide bonds. The van der Waals surface area contributed by atoms with Gasteiger partial charge in [-0.3, -0.25) is 0 Å². The first kappa shape index (κ1) is 14.6. The molecular formula is C18H29N. The van der Waals surface area contributed by atoms with Gasteiger partial charge in [0.2, 0.25) is 0 Å². The topological polar surface area (TPSA) is 12.0 Å². The van der Waals surface area contributed by atoms with E-state index in [2.05, 4.69) is 49.5 Å². The standard InChI is InChI=1S/C18H29N/c1-3-10-16(4-2)19-18-14-9-8-13-17(18)15-11-6-5-7-12-15/h5-7,11-12,16-19H,3-4,8-10,13-14H2,1-2H3. The van der Waals surface area contributed by atoms with Crippen LogP contribution >= 0.6 is 0 Å². The lowest BCUT2D eigenvalue weighted by Crippen LogP contribution is -2.43. The minimum absolute atomic E-state index is 0.688. The first-order valence-electron chi connectivity index (χ1n) is 8.16. The fourth-order valence-electron chi connectivity index (χ4n) is 3.49. The Bertz CT molecular complexity index is 346. The minimum Gasteiger partial charge on any atom is -0.311 e. The van der Waals surface area contributed by atoms with E-state index < -0.39 is 0 Å². The molecule has 0 bridgehead atoms. The lowest BCUT2D eigenvalue weighted by molar-refractivity contribution is 0.287. The van der Waals surface area contributed by atoms with Crippen LogP contribution in [0.25, 0.3) is 0 Å². The number of hydrogen-bond acceptors (Lipinski definition) is 1. The second kappa shape index (κ2) is 7.69. The molecule has 3 unspecified atom stereocenters. The number of benzene rings is 1. The third-order valence-electron chi connectivity index (χ3n) is 4.57. The predicted molar refractivity (Wildman–Crippen MR) is 83.6 cm³/mol. The van der Waals surface area contributed by atoms with Crippen LogP contribution in [-0.4, -0.2) is 12.1 Å². The molecule has 1 heteroatoms. The SMILES string of the molecule is CCCC(CC)NC1CCCCC1c1ccccc1. The van der Waals surface area contributed by atoms with Crippen molar-refractivity contribution in [2.24, 2.45) is 0 Å². The Morgan fingerprint density at radius 2 is 1.84 bits per heavy atom. The maximum Gasteiger partial charge on any atom is 0.0138 e. The van der Waals surface area contributed by atoms with Crippen molar-refractivity contribution in [2.45, 2.75) is 76.8 Å². The van der Waals surface area contributed by atoms with Gasteiger partial charge in [0, 0.05) is 12.1 Å². The van der Waals surface area contributed by atoms with E-state index in [4.69, 9.17) is 0 Å². The Balaban J connectivity index is 2.03. The highest BCUT2D eigenvalue weighted by Crippen LogP contribution is 2.33. The van der Waals surface area contributed by atoms with Crippen molar-refractivity contribution in [3.8, 4) is 0 Å². The number of nitrogens with one attached hydrogen (secondary N) is 1. The molecule has 1 aliphatic carbocycles. The van der Waals surface area contributed by atoms with Crippen LogP contribution in [0.4, 0.5) is 0 Å². The monoisotopic (exact) mass is 259 g/mol. The molecule has 0 saturated heterocycles. The summed E-state index contributed by atoms with van der Waals surface area (Å²) in [5, 5.41) is 3.96. The molecule has 106 valence electrons. The van der Waals surface area contributed by atoms with Crippen LogP contribution in [0.5, 0.6) is 0 Å². The highest BCUT2D eigenvalue weighted by Gasteiger charge is 2.27. The van der Waals surface area contributed by atoms with E-state index in [1.165, 1.54) is 50.5 Å². The summed E-state index contributed by atoms with van der Waals surface area (Å²) in [6.07, 6.45) is 9.34. The fraction of sp³-hybridized carbons (Fsp3) is 0.667. The summed E-state index contributed by atoms with van der Waals surface area (Å²) in [7, 11) is 0. The molecule has 3 atom stereocenters. The largest absolute Gasteiger partial charge is 0.311 e. The molecule has 1 aromatic rings. The molecule has 1 nitrogen and oxygen atoms in total. The van der Waals surface area contributed by atoms with Gasteiger partial charge in [-0.25, -0.2) is 0 Å². The lowest BCUT2D eigenvalue weighted by atomic mass is 9.79. The van der Waals surface area contributed by atoms with Gasteiger partial charge in [-0.15, -0.1) is 0 Å². The predicted octanol–water partition coefficient (Wildman–Crippen LogP) is 4.88. The van der Waals surface area contributed by atoms with Crippen molar-refractivity contribution in [1.29, 1.82) is 0 Å². The zero-order valence-corrected chi connectivity index (χ0v) is 12.6. The fourth-order valence-corrected chi connectivity index (χ4v) is 3.49. The molecule has 0 spiro atoms. The van der Waals surface area contributed by atoms with E-state index in [0.29, 0.717) is 12.1 Å². The third kappa shape index (κ3) is 4.07. The smallest absolute Gasteiger partial charge is 0.0138 e. The van der Waals surface area contributed by atoms with Crippen LogP contribution < -0.4 is 5.32 Å². The average Bonchev–Trinajstić information content (AvgIpc) is 2.48. The maximum atomic E-state index is 3.96.